The Kier molecular flexibility index (Phi) is 5.58. The fourth-order valence-electron chi connectivity index (χ4n) is 2.22. The molecule has 2 aromatic carbocycles. The third-order valence-electron chi connectivity index (χ3n) is 3.48. The third-order valence-corrected chi connectivity index (χ3v) is 5.52. The minimum absolute atomic E-state index is 0.0536. The Balaban J connectivity index is 1.57. The lowest BCUT2D eigenvalue weighted by Crippen LogP contribution is -2.30. The molecule has 3 rings (SSSR count). The topological polar surface area (TPSA) is 55.4 Å². The van der Waals surface area contributed by atoms with Gasteiger partial charge in [0, 0.05) is 20.7 Å². The predicted octanol–water partition coefficient (Wildman–Crippen LogP) is 4.68. The molecule has 128 valence electrons. The summed E-state index contributed by atoms with van der Waals surface area (Å²) in [5.74, 6) is -0.952. The van der Waals surface area contributed by atoms with Crippen molar-refractivity contribution in [2.45, 2.75) is 6.61 Å². The second-order valence-electron chi connectivity index (χ2n) is 5.18. The SMILES string of the molecule is O=C(CNC(=O)c1sc2ccccc2c1Cl)OCc1ccccc1Cl. The lowest BCUT2D eigenvalue weighted by atomic mass is 10.2. The van der Waals surface area contributed by atoms with Crippen molar-refractivity contribution in [1.82, 2.24) is 5.32 Å². The number of hydrogen-bond acceptors (Lipinski definition) is 4. The molecule has 0 radical (unpaired) electrons. The molecule has 0 spiro atoms. The van der Waals surface area contributed by atoms with Gasteiger partial charge in [-0.1, -0.05) is 59.6 Å². The number of halogens is 2. The van der Waals surface area contributed by atoms with Gasteiger partial charge >= 0.3 is 5.97 Å². The monoisotopic (exact) mass is 393 g/mol. The van der Waals surface area contributed by atoms with Crippen LogP contribution in [0.15, 0.2) is 48.5 Å². The molecular formula is C18H13Cl2NO3S. The highest BCUT2D eigenvalue weighted by Gasteiger charge is 2.17. The van der Waals surface area contributed by atoms with Crippen molar-refractivity contribution < 1.29 is 14.3 Å². The highest BCUT2D eigenvalue weighted by molar-refractivity contribution is 7.21. The molecule has 7 heteroatoms. The maximum absolute atomic E-state index is 12.3. The summed E-state index contributed by atoms with van der Waals surface area (Å²) in [6.45, 7) is -0.189. The van der Waals surface area contributed by atoms with Gasteiger partial charge in [0.15, 0.2) is 0 Å². The molecule has 0 aliphatic carbocycles. The highest BCUT2D eigenvalue weighted by atomic mass is 35.5. The molecule has 0 aliphatic rings. The lowest BCUT2D eigenvalue weighted by Gasteiger charge is -2.07. The quantitative estimate of drug-likeness (QED) is 0.640. The van der Waals surface area contributed by atoms with Gasteiger partial charge < -0.3 is 10.1 Å². The molecule has 1 aromatic heterocycles. The summed E-state index contributed by atoms with van der Waals surface area (Å²) in [5, 5.41) is 4.27. The number of benzene rings is 2. The minimum atomic E-state index is -0.550. The van der Waals surface area contributed by atoms with E-state index in [2.05, 4.69) is 5.32 Å². The van der Waals surface area contributed by atoms with Crippen LogP contribution in [0, 0.1) is 0 Å². The van der Waals surface area contributed by atoms with Crippen molar-refractivity contribution in [1.29, 1.82) is 0 Å². The summed E-state index contributed by atoms with van der Waals surface area (Å²) in [5.41, 5.74) is 0.705. The van der Waals surface area contributed by atoms with Gasteiger partial charge in [-0.2, -0.15) is 0 Å². The van der Waals surface area contributed by atoms with Gasteiger partial charge in [-0.15, -0.1) is 11.3 Å². The first-order valence-corrected chi connectivity index (χ1v) is 8.98. The van der Waals surface area contributed by atoms with Crippen molar-refractivity contribution >= 4 is 56.5 Å². The number of amides is 1. The molecule has 0 saturated heterocycles. The van der Waals surface area contributed by atoms with Crippen molar-refractivity contribution in [3.8, 4) is 0 Å². The van der Waals surface area contributed by atoms with Gasteiger partial charge in [0.1, 0.15) is 18.0 Å². The van der Waals surface area contributed by atoms with Crippen LogP contribution in [0.5, 0.6) is 0 Å². The zero-order chi connectivity index (χ0) is 17.8. The second-order valence-corrected chi connectivity index (χ2v) is 7.01. The van der Waals surface area contributed by atoms with Crippen molar-refractivity contribution in [2.24, 2.45) is 0 Å². The summed E-state index contributed by atoms with van der Waals surface area (Å²) in [6.07, 6.45) is 0. The Hall–Kier alpha value is -2.08. The van der Waals surface area contributed by atoms with Crippen molar-refractivity contribution in [2.75, 3.05) is 6.54 Å². The Morgan fingerprint density at radius 2 is 1.76 bits per heavy atom. The lowest BCUT2D eigenvalue weighted by molar-refractivity contribution is -0.143. The van der Waals surface area contributed by atoms with E-state index >= 15 is 0 Å². The molecule has 0 fully saturated rings. The fraction of sp³-hybridized carbons (Fsp3) is 0.111. The largest absolute Gasteiger partial charge is 0.459 e. The molecule has 1 N–H and O–H groups in total. The maximum Gasteiger partial charge on any atom is 0.325 e. The number of esters is 1. The van der Waals surface area contributed by atoms with E-state index in [-0.39, 0.29) is 13.2 Å². The summed E-state index contributed by atoms with van der Waals surface area (Å²) in [4.78, 5) is 24.4. The van der Waals surface area contributed by atoms with E-state index in [0.717, 1.165) is 10.1 Å². The molecule has 0 saturated carbocycles. The van der Waals surface area contributed by atoms with Crippen LogP contribution in [-0.2, 0) is 16.1 Å². The van der Waals surface area contributed by atoms with Crippen LogP contribution in [0.25, 0.3) is 10.1 Å². The first kappa shape index (κ1) is 17.7. The summed E-state index contributed by atoms with van der Waals surface area (Å²) in [7, 11) is 0. The summed E-state index contributed by atoms with van der Waals surface area (Å²) >= 11 is 13.5. The van der Waals surface area contributed by atoms with E-state index < -0.39 is 11.9 Å². The fourth-order valence-corrected chi connectivity index (χ4v) is 3.84. The Bertz CT molecular complexity index is 939. The van der Waals surface area contributed by atoms with Crippen LogP contribution < -0.4 is 5.32 Å². The normalized spacial score (nSPS) is 10.6. The van der Waals surface area contributed by atoms with Gasteiger partial charge in [-0.05, 0) is 12.1 Å². The van der Waals surface area contributed by atoms with Gasteiger partial charge in [0.25, 0.3) is 5.91 Å². The van der Waals surface area contributed by atoms with Gasteiger partial charge in [0.2, 0.25) is 0 Å². The number of carbonyl (C=O) groups excluding carboxylic acids is 2. The maximum atomic E-state index is 12.3. The Morgan fingerprint density at radius 1 is 1.04 bits per heavy atom. The van der Waals surface area contributed by atoms with Crippen LogP contribution in [0.3, 0.4) is 0 Å². The van der Waals surface area contributed by atoms with E-state index in [1.54, 1.807) is 24.3 Å². The van der Waals surface area contributed by atoms with E-state index in [0.29, 0.717) is 20.5 Å². The zero-order valence-electron chi connectivity index (χ0n) is 12.9. The Morgan fingerprint density at radius 3 is 2.52 bits per heavy atom. The zero-order valence-corrected chi connectivity index (χ0v) is 15.3. The Labute approximate surface area is 158 Å². The average molecular weight is 394 g/mol. The molecule has 0 aliphatic heterocycles. The molecule has 0 atom stereocenters. The molecule has 4 nitrogen and oxygen atoms in total. The summed E-state index contributed by atoms with van der Waals surface area (Å²) in [6, 6.07) is 14.6. The second kappa shape index (κ2) is 7.87. The molecule has 0 unspecified atom stereocenters. The first-order chi connectivity index (χ1) is 12.1. The van der Waals surface area contributed by atoms with Gasteiger partial charge in [-0.3, -0.25) is 9.59 Å². The number of ether oxygens (including phenoxy) is 1. The van der Waals surface area contributed by atoms with Crippen LogP contribution in [0.4, 0.5) is 0 Å². The summed E-state index contributed by atoms with van der Waals surface area (Å²) < 4.78 is 6.03. The van der Waals surface area contributed by atoms with Crippen molar-refractivity contribution in [3.63, 3.8) is 0 Å². The molecule has 3 aromatic rings. The van der Waals surface area contributed by atoms with Crippen LogP contribution in [0.2, 0.25) is 10.0 Å². The van der Waals surface area contributed by atoms with E-state index in [4.69, 9.17) is 27.9 Å². The van der Waals surface area contributed by atoms with Crippen LogP contribution >= 0.6 is 34.5 Å². The number of rotatable bonds is 5. The smallest absolute Gasteiger partial charge is 0.325 e. The van der Waals surface area contributed by atoms with Gasteiger partial charge in [0.05, 0.1) is 5.02 Å². The minimum Gasteiger partial charge on any atom is -0.459 e. The van der Waals surface area contributed by atoms with E-state index in [1.165, 1.54) is 11.3 Å². The first-order valence-electron chi connectivity index (χ1n) is 7.40. The number of thiophene rings is 1. The number of fused-ring (bicyclic) bond motifs is 1. The molecule has 25 heavy (non-hydrogen) atoms. The van der Waals surface area contributed by atoms with Gasteiger partial charge in [-0.25, -0.2) is 0 Å². The standard InChI is InChI=1S/C18H13Cl2NO3S/c19-13-7-3-1-5-11(13)10-24-15(22)9-21-18(23)17-16(20)12-6-2-4-8-14(12)25-17/h1-8H,9-10H2,(H,21,23). The molecule has 1 heterocycles. The van der Waals surface area contributed by atoms with Crippen LogP contribution in [0.1, 0.15) is 15.2 Å². The van der Waals surface area contributed by atoms with E-state index in [9.17, 15) is 9.59 Å². The number of nitrogens with one attached hydrogen (secondary N) is 1. The highest BCUT2D eigenvalue weighted by Crippen LogP contribution is 2.34. The average Bonchev–Trinajstić information content (AvgIpc) is 2.96. The van der Waals surface area contributed by atoms with Crippen molar-refractivity contribution in [3.05, 3.63) is 69.0 Å². The number of hydrogen-bond donors (Lipinski definition) is 1. The molecule has 0 bridgehead atoms. The molecule has 1 amide bonds. The molecular weight excluding hydrogens is 381 g/mol. The third kappa shape index (κ3) is 4.12. The van der Waals surface area contributed by atoms with Crippen LogP contribution in [-0.4, -0.2) is 18.4 Å². The predicted molar refractivity (Wildman–Crippen MR) is 100 cm³/mol. The van der Waals surface area contributed by atoms with E-state index in [1.807, 2.05) is 24.3 Å². The number of carbonyl (C=O) groups is 2.